The van der Waals surface area contributed by atoms with Crippen molar-refractivity contribution in [1.29, 1.82) is 0 Å². The number of hydrogen-bond acceptors (Lipinski definition) is 4. The van der Waals surface area contributed by atoms with E-state index in [1.807, 2.05) is 0 Å². The Bertz CT molecular complexity index is 554. The molecule has 0 aromatic rings. The van der Waals surface area contributed by atoms with Gasteiger partial charge in [0.15, 0.2) is 15.8 Å². The highest BCUT2D eigenvalue weighted by molar-refractivity contribution is 14.0. The third kappa shape index (κ3) is 6.82. The molecular weight excluding hydrogens is 463 g/mol. The number of halogens is 1. The van der Waals surface area contributed by atoms with Gasteiger partial charge in [-0.25, -0.2) is 8.42 Å². The van der Waals surface area contributed by atoms with Gasteiger partial charge in [-0.05, 0) is 59.0 Å². The molecule has 154 valence electrons. The molecule has 0 saturated carbocycles. The standard InChI is InChI=1S/C18H36N4O2S.HI/c1-18(2,3)25(23,24)13-9-20-17(19-4)22-12-8-16(15-22)14-21-10-6-5-7-11-21;/h16H,5-15H2,1-4H3,(H,19,20);1H. The zero-order chi connectivity index (χ0) is 18.5. The summed E-state index contributed by atoms with van der Waals surface area (Å²) in [5.74, 6) is 1.67. The van der Waals surface area contributed by atoms with Crippen molar-refractivity contribution in [2.75, 3.05) is 52.1 Å². The van der Waals surface area contributed by atoms with Gasteiger partial charge in [-0.1, -0.05) is 6.42 Å². The maximum Gasteiger partial charge on any atom is 0.193 e. The minimum absolute atomic E-state index is 0. The SMILES string of the molecule is CN=C(NCCS(=O)(=O)C(C)(C)C)N1CCC(CN2CCCCC2)C1.I. The predicted molar refractivity (Wildman–Crippen MR) is 120 cm³/mol. The lowest BCUT2D eigenvalue weighted by Gasteiger charge is -2.29. The highest BCUT2D eigenvalue weighted by Crippen LogP contribution is 2.20. The summed E-state index contributed by atoms with van der Waals surface area (Å²) >= 11 is 0. The molecule has 2 aliphatic rings. The van der Waals surface area contributed by atoms with E-state index < -0.39 is 14.6 Å². The second kappa shape index (κ2) is 10.5. The molecule has 2 heterocycles. The fourth-order valence-electron chi connectivity index (χ4n) is 3.62. The summed E-state index contributed by atoms with van der Waals surface area (Å²) < 4.78 is 23.7. The number of guanidine groups is 1. The Labute approximate surface area is 177 Å². The number of rotatable bonds is 5. The van der Waals surface area contributed by atoms with Gasteiger partial charge in [0, 0.05) is 33.2 Å². The van der Waals surface area contributed by atoms with Gasteiger partial charge in [0.2, 0.25) is 0 Å². The van der Waals surface area contributed by atoms with E-state index in [0.717, 1.165) is 19.0 Å². The molecule has 2 saturated heterocycles. The van der Waals surface area contributed by atoms with E-state index >= 15 is 0 Å². The summed E-state index contributed by atoms with van der Waals surface area (Å²) in [6.45, 7) is 11.4. The zero-order valence-corrected chi connectivity index (χ0v) is 20.0. The van der Waals surface area contributed by atoms with Crippen LogP contribution in [0.25, 0.3) is 0 Å². The molecule has 0 aliphatic carbocycles. The Kier molecular flexibility index (Phi) is 9.63. The van der Waals surface area contributed by atoms with Crippen molar-refractivity contribution in [2.45, 2.75) is 51.2 Å². The van der Waals surface area contributed by atoms with Crippen LogP contribution in [0.15, 0.2) is 4.99 Å². The molecule has 1 atom stereocenters. The number of likely N-dealkylation sites (tertiary alicyclic amines) is 2. The van der Waals surface area contributed by atoms with E-state index in [4.69, 9.17) is 0 Å². The van der Waals surface area contributed by atoms with Crippen LogP contribution in [0.4, 0.5) is 0 Å². The Morgan fingerprint density at radius 2 is 1.81 bits per heavy atom. The molecule has 0 radical (unpaired) electrons. The normalized spacial score (nSPS) is 23.0. The van der Waals surface area contributed by atoms with Crippen LogP contribution in [0.3, 0.4) is 0 Å². The fraction of sp³-hybridized carbons (Fsp3) is 0.944. The highest BCUT2D eigenvalue weighted by Gasteiger charge is 2.30. The number of piperidine rings is 1. The van der Waals surface area contributed by atoms with Crippen molar-refractivity contribution >= 4 is 39.8 Å². The van der Waals surface area contributed by atoms with Crippen molar-refractivity contribution in [3.63, 3.8) is 0 Å². The first-order valence-electron chi connectivity index (χ1n) is 9.63. The van der Waals surface area contributed by atoms with Gasteiger partial charge in [-0.3, -0.25) is 4.99 Å². The summed E-state index contributed by atoms with van der Waals surface area (Å²) in [6, 6.07) is 0. The lowest BCUT2D eigenvalue weighted by molar-refractivity contribution is 0.198. The van der Waals surface area contributed by atoms with Gasteiger partial charge in [0.25, 0.3) is 0 Å². The molecule has 2 rings (SSSR count). The van der Waals surface area contributed by atoms with Crippen molar-refractivity contribution in [2.24, 2.45) is 10.9 Å². The third-order valence-corrected chi connectivity index (χ3v) is 7.96. The number of hydrogen-bond donors (Lipinski definition) is 1. The van der Waals surface area contributed by atoms with Crippen molar-refractivity contribution < 1.29 is 8.42 Å². The zero-order valence-electron chi connectivity index (χ0n) is 16.8. The minimum atomic E-state index is -3.10. The van der Waals surface area contributed by atoms with Crippen molar-refractivity contribution in [3.05, 3.63) is 0 Å². The highest BCUT2D eigenvalue weighted by atomic mass is 127. The molecule has 2 aliphatic heterocycles. The molecule has 0 bridgehead atoms. The van der Waals surface area contributed by atoms with Crippen LogP contribution >= 0.6 is 24.0 Å². The summed E-state index contributed by atoms with van der Waals surface area (Å²) in [5.41, 5.74) is 0. The van der Waals surface area contributed by atoms with Crippen molar-refractivity contribution in [1.82, 2.24) is 15.1 Å². The molecule has 0 aromatic heterocycles. The number of nitrogens with zero attached hydrogens (tertiary/aromatic N) is 3. The molecule has 0 aromatic carbocycles. The fourth-order valence-corrected chi connectivity index (χ4v) is 4.60. The summed E-state index contributed by atoms with van der Waals surface area (Å²) in [5, 5.41) is 3.25. The Morgan fingerprint density at radius 3 is 2.38 bits per heavy atom. The van der Waals surface area contributed by atoms with Gasteiger partial charge in [0.1, 0.15) is 0 Å². The summed E-state index contributed by atoms with van der Waals surface area (Å²) in [7, 11) is -1.32. The third-order valence-electron chi connectivity index (χ3n) is 5.35. The first-order valence-corrected chi connectivity index (χ1v) is 11.3. The van der Waals surface area contributed by atoms with E-state index in [-0.39, 0.29) is 29.7 Å². The van der Waals surface area contributed by atoms with E-state index in [1.54, 1.807) is 27.8 Å². The van der Waals surface area contributed by atoms with E-state index in [9.17, 15) is 8.42 Å². The van der Waals surface area contributed by atoms with Gasteiger partial charge in [-0.15, -0.1) is 24.0 Å². The summed E-state index contributed by atoms with van der Waals surface area (Å²) in [6.07, 6.45) is 5.24. The average molecular weight is 500 g/mol. The molecule has 2 fully saturated rings. The minimum Gasteiger partial charge on any atom is -0.355 e. The monoisotopic (exact) mass is 500 g/mol. The first-order chi connectivity index (χ1) is 11.7. The molecule has 0 spiro atoms. The van der Waals surface area contributed by atoms with Crippen LogP contribution in [-0.4, -0.2) is 81.0 Å². The van der Waals surface area contributed by atoms with Gasteiger partial charge in [0.05, 0.1) is 10.5 Å². The van der Waals surface area contributed by atoms with Crippen LogP contribution in [0, 0.1) is 5.92 Å². The van der Waals surface area contributed by atoms with Crippen LogP contribution in [0.5, 0.6) is 0 Å². The smallest absolute Gasteiger partial charge is 0.193 e. The van der Waals surface area contributed by atoms with Crippen LogP contribution in [0.1, 0.15) is 46.5 Å². The van der Waals surface area contributed by atoms with E-state index in [0.29, 0.717) is 12.5 Å². The average Bonchev–Trinajstić information content (AvgIpc) is 2.99. The van der Waals surface area contributed by atoms with Gasteiger partial charge < -0.3 is 15.1 Å². The molecule has 6 nitrogen and oxygen atoms in total. The Hall–Kier alpha value is -0.0900. The largest absolute Gasteiger partial charge is 0.355 e. The number of sulfone groups is 1. The van der Waals surface area contributed by atoms with Gasteiger partial charge in [-0.2, -0.15) is 0 Å². The van der Waals surface area contributed by atoms with Crippen LogP contribution < -0.4 is 5.32 Å². The first kappa shape index (κ1) is 23.9. The Balaban J connectivity index is 0.00000338. The molecule has 0 amide bonds. The molecule has 8 heteroatoms. The van der Waals surface area contributed by atoms with Crippen LogP contribution in [0.2, 0.25) is 0 Å². The predicted octanol–water partition coefficient (Wildman–Crippen LogP) is 2.20. The number of nitrogens with one attached hydrogen (secondary N) is 1. The van der Waals surface area contributed by atoms with E-state index in [1.165, 1.54) is 45.3 Å². The summed E-state index contributed by atoms with van der Waals surface area (Å²) in [4.78, 5) is 9.23. The number of aliphatic imine (C=N–C) groups is 1. The maximum absolute atomic E-state index is 12.2. The lowest BCUT2D eigenvalue weighted by atomic mass is 10.1. The Morgan fingerprint density at radius 1 is 1.15 bits per heavy atom. The molecule has 1 N–H and O–H groups in total. The van der Waals surface area contributed by atoms with Gasteiger partial charge >= 0.3 is 0 Å². The van der Waals surface area contributed by atoms with Crippen molar-refractivity contribution in [3.8, 4) is 0 Å². The van der Waals surface area contributed by atoms with Crippen LogP contribution in [-0.2, 0) is 9.84 Å². The second-order valence-corrected chi connectivity index (χ2v) is 11.2. The lowest BCUT2D eigenvalue weighted by Crippen LogP contribution is -2.44. The topological polar surface area (TPSA) is 65.0 Å². The van der Waals surface area contributed by atoms with E-state index in [2.05, 4.69) is 20.1 Å². The molecule has 26 heavy (non-hydrogen) atoms. The molecular formula is C18H37IN4O2S. The molecule has 1 unspecified atom stereocenters. The maximum atomic E-state index is 12.2. The second-order valence-electron chi connectivity index (χ2n) is 8.37. The quantitative estimate of drug-likeness (QED) is 0.356.